The summed E-state index contributed by atoms with van der Waals surface area (Å²) in [5.74, 6) is 0.886. The summed E-state index contributed by atoms with van der Waals surface area (Å²) >= 11 is 0. The largest absolute Gasteiger partial charge is 0.507 e. The molecular formula is C64H58N4O. The molecule has 1 N–H and O–H groups in total. The lowest BCUT2D eigenvalue weighted by atomic mass is 9.80. The fourth-order valence-corrected chi connectivity index (χ4v) is 9.92. The Labute approximate surface area is 405 Å². The van der Waals surface area contributed by atoms with Crippen LogP contribution in [0.15, 0.2) is 182 Å². The number of benzene rings is 8. The third-order valence-corrected chi connectivity index (χ3v) is 13.9. The van der Waals surface area contributed by atoms with Crippen molar-refractivity contribution in [2.45, 2.75) is 78.6 Å². The quantitative estimate of drug-likeness (QED) is 0.181. The second-order valence-corrected chi connectivity index (χ2v) is 21.8. The first-order valence-electron chi connectivity index (χ1n) is 24.1. The van der Waals surface area contributed by atoms with E-state index in [2.05, 4.69) is 223 Å². The van der Waals surface area contributed by atoms with Gasteiger partial charge in [0.25, 0.3) is 0 Å². The van der Waals surface area contributed by atoms with Gasteiger partial charge in [0.15, 0.2) is 0 Å². The zero-order chi connectivity index (χ0) is 48.0. The third-order valence-electron chi connectivity index (χ3n) is 13.9. The summed E-state index contributed by atoms with van der Waals surface area (Å²) in [7, 11) is 0. The van der Waals surface area contributed by atoms with Crippen LogP contribution < -0.4 is 0 Å². The lowest BCUT2D eigenvalue weighted by molar-refractivity contribution is 0.477. The molecule has 0 aliphatic heterocycles. The molecule has 11 aromatic rings. The van der Waals surface area contributed by atoms with E-state index in [4.69, 9.17) is 9.97 Å². The van der Waals surface area contributed by atoms with Gasteiger partial charge in [0.2, 0.25) is 0 Å². The number of phenols is 1. The Bertz CT molecular complexity index is 3780. The zero-order valence-electron chi connectivity index (χ0n) is 41.1. The SMILES string of the molecule is CC(C)(C)c1cc(-c2cc(-c3ccc4c(c3)c3ccccc3n4-c3ccc4ccccc4c3)ccn2)cc(-c2cccc3c2nc(-c2ccccc2O)n3-c2cc(C(C)(C)C)cc(C(C)(C)C)c2)c1. The molecule has 340 valence electrons. The number of aromatic hydroxyl groups is 1. The molecule has 0 atom stereocenters. The molecule has 5 nitrogen and oxygen atoms in total. The minimum Gasteiger partial charge on any atom is -0.507 e. The first-order valence-corrected chi connectivity index (χ1v) is 24.1. The Balaban J connectivity index is 1.06. The predicted molar refractivity (Wildman–Crippen MR) is 290 cm³/mol. The highest BCUT2D eigenvalue weighted by Gasteiger charge is 2.26. The molecule has 0 unspecified atom stereocenters. The highest BCUT2D eigenvalue weighted by molar-refractivity contribution is 6.11. The van der Waals surface area contributed by atoms with Crippen LogP contribution in [0, 0.1) is 0 Å². The average Bonchev–Trinajstić information content (AvgIpc) is 3.89. The Kier molecular flexibility index (Phi) is 10.3. The second kappa shape index (κ2) is 16.2. The van der Waals surface area contributed by atoms with E-state index < -0.39 is 0 Å². The van der Waals surface area contributed by atoms with E-state index in [1.165, 1.54) is 49.3 Å². The first kappa shape index (κ1) is 43.8. The number of aromatic nitrogens is 4. The second-order valence-electron chi connectivity index (χ2n) is 21.8. The molecule has 3 aromatic heterocycles. The lowest BCUT2D eigenvalue weighted by Gasteiger charge is -2.27. The van der Waals surface area contributed by atoms with Gasteiger partial charge in [0.1, 0.15) is 11.6 Å². The van der Waals surface area contributed by atoms with Gasteiger partial charge in [0.05, 0.1) is 33.3 Å². The molecule has 0 radical (unpaired) electrons. The monoisotopic (exact) mass is 898 g/mol. The number of fused-ring (bicyclic) bond motifs is 5. The van der Waals surface area contributed by atoms with E-state index in [-0.39, 0.29) is 22.0 Å². The van der Waals surface area contributed by atoms with Crippen molar-refractivity contribution in [2.24, 2.45) is 0 Å². The molecule has 0 bridgehead atoms. The van der Waals surface area contributed by atoms with Gasteiger partial charge in [-0.3, -0.25) is 9.55 Å². The molecule has 0 fully saturated rings. The van der Waals surface area contributed by atoms with Crippen LogP contribution in [-0.2, 0) is 16.2 Å². The summed E-state index contributed by atoms with van der Waals surface area (Å²) in [4.78, 5) is 10.5. The number of rotatable bonds is 6. The van der Waals surface area contributed by atoms with Gasteiger partial charge in [-0.25, -0.2) is 4.98 Å². The van der Waals surface area contributed by atoms with E-state index in [0.717, 1.165) is 55.9 Å². The lowest BCUT2D eigenvalue weighted by Crippen LogP contribution is -2.17. The number of hydrogen-bond acceptors (Lipinski definition) is 3. The van der Waals surface area contributed by atoms with Gasteiger partial charge < -0.3 is 9.67 Å². The zero-order valence-corrected chi connectivity index (χ0v) is 41.1. The molecule has 3 heterocycles. The van der Waals surface area contributed by atoms with E-state index in [1.54, 1.807) is 6.07 Å². The van der Waals surface area contributed by atoms with Crippen LogP contribution >= 0.6 is 0 Å². The Morgan fingerprint density at radius 2 is 1.03 bits per heavy atom. The van der Waals surface area contributed by atoms with Crippen molar-refractivity contribution in [3.05, 3.63) is 199 Å². The van der Waals surface area contributed by atoms with Crippen molar-refractivity contribution >= 4 is 43.6 Å². The molecule has 0 aliphatic rings. The van der Waals surface area contributed by atoms with Crippen LogP contribution in [0.1, 0.15) is 79.0 Å². The molecule has 11 rings (SSSR count). The number of hydrogen-bond donors (Lipinski definition) is 1. The van der Waals surface area contributed by atoms with Gasteiger partial charge in [-0.2, -0.15) is 0 Å². The minimum atomic E-state index is -0.155. The standard InChI is InChI=1S/C64H58N4O/c1-62(2,3)46-32-44(51-21-16-23-58-60(51)66-61(53-20-13-15-24-59(53)69)68(58)50-38-47(63(4,5)6)37-48(39-50)64(7,8)9)31-45(33-46)55-36-43(29-30-65-55)42-26-28-57-54(35-42)52-19-12-14-22-56(52)67(57)49-27-25-40-17-10-11-18-41(40)34-49/h10-39,69H,1-9H3. The Morgan fingerprint density at radius 3 is 1.78 bits per heavy atom. The number of imidazole rings is 1. The summed E-state index contributed by atoms with van der Waals surface area (Å²) in [6.07, 6.45) is 1.94. The van der Waals surface area contributed by atoms with Crippen LogP contribution in [0.3, 0.4) is 0 Å². The van der Waals surface area contributed by atoms with Crippen molar-refractivity contribution in [3.63, 3.8) is 0 Å². The smallest absolute Gasteiger partial charge is 0.149 e. The number of phenolic OH excluding ortho intramolecular Hbond substituents is 1. The van der Waals surface area contributed by atoms with E-state index in [0.29, 0.717) is 11.4 Å². The molecule has 0 spiro atoms. The normalized spacial score (nSPS) is 12.5. The number of nitrogens with zero attached hydrogens (tertiary/aromatic N) is 4. The van der Waals surface area contributed by atoms with Crippen LogP contribution in [0.25, 0.3) is 99.9 Å². The van der Waals surface area contributed by atoms with Crippen molar-refractivity contribution < 1.29 is 5.11 Å². The minimum absolute atomic E-state index is 0.0899. The molecule has 5 heteroatoms. The summed E-state index contributed by atoms with van der Waals surface area (Å²) in [6.45, 7) is 20.4. The van der Waals surface area contributed by atoms with E-state index in [9.17, 15) is 5.11 Å². The summed E-state index contributed by atoms with van der Waals surface area (Å²) in [5.41, 5.74) is 16.7. The van der Waals surface area contributed by atoms with Gasteiger partial charge in [-0.05, 0) is 145 Å². The van der Waals surface area contributed by atoms with Crippen molar-refractivity contribution in [1.82, 2.24) is 19.1 Å². The summed E-state index contributed by atoms with van der Waals surface area (Å²) < 4.78 is 4.63. The van der Waals surface area contributed by atoms with Crippen LogP contribution in [0.2, 0.25) is 0 Å². The number of pyridine rings is 1. The maximum absolute atomic E-state index is 11.4. The van der Waals surface area contributed by atoms with E-state index >= 15 is 0 Å². The summed E-state index contributed by atoms with van der Waals surface area (Å²) in [6, 6.07) is 63.0. The van der Waals surface area contributed by atoms with Crippen molar-refractivity contribution in [1.29, 1.82) is 0 Å². The van der Waals surface area contributed by atoms with Gasteiger partial charge >= 0.3 is 0 Å². The third kappa shape index (κ3) is 7.86. The fourth-order valence-electron chi connectivity index (χ4n) is 9.92. The first-order chi connectivity index (χ1) is 33.0. The van der Waals surface area contributed by atoms with Crippen LogP contribution in [0.5, 0.6) is 5.75 Å². The van der Waals surface area contributed by atoms with Gasteiger partial charge in [-0.1, -0.05) is 153 Å². The number of para-hydroxylation sites is 3. The molecular weight excluding hydrogens is 841 g/mol. The molecule has 0 amide bonds. The van der Waals surface area contributed by atoms with Crippen LogP contribution in [-0.4, -0.2) is 24.2 Å². The topological polar surface area (TPSA) is 55.9 Å². The predicted octanol–water partition coefficient (Wildman–Crippen LogP) is 16.9. The Hall–Kier alpha value is -7.76. The van der Waals surface area contributed by atoms with Crippen molar-refractivity contribution in [2.75, 3.05) is 0 Å². The maximum Gasteiger partial charge on any atom is 0.149 e. The van der Waals surface area contributed by atoms with Gasteiger partial charge in [-0.15, -0.1) is 0 Å². The molecule has 69 heavy (non-hydrogen) atoms. The summed E-state index contributed by atoms with van der Waals surface area (Å²) in [5, 5.41) is 16.3. The molecule has 0 aliphatic carbocycles. The van der Waals surface area contributed by atoms with Crippen LogP contribution in [0.4, 0.5) is 0 Å². The highest BCUT2D eigenvalue weighted by atomic mass is 16.3. The average molecular weight is 899 g/mol. The Morgan fingerprint density at radius 1 is 0.406 bits per heavy atom. The van der Waals surface area contributed by atoms with E-state index in [1.807, 2.05) is 24.4 Å². The molecule has 0 saturated heterocycles. The molecule has 0 saturated carbocycles. The molecule has 8 aromatic carbocycles. The highest BCUT2D eigenvalue weighted by Crippen LogP contribution is 2.42. The maximum atomic E-state index is 11.4. The fraction of sp³-hybridized carbons (Fsp3) is 0.188. The van der Waals surface area contributed by atoms with Gasteiger partial charge in [0, 0.05) is 39.5 Å². The van der Waals surface area contributed by atoms with Crippen molar-refractivity contribution in [3.8, 4) is 62.0 Å².